The second kappa shape index (κ2) is 8.26. The summed E-state index contributed by atoms with van der Waals surface area (Å²) in [6.45, 7) is 2.62. The minimum atomic E-state index is 0.162. The number of nitrogens with one attached hydrogen (secondary N) is 2. The molecule has 0 saturated heterocycles. The summed E-state index contributed by atoms with van der Waals surface area (Å²) in [6, 6.07) is 10.1. The maximum absolute atomic E-state index is 6.08. The van der Waals surface area contributed by atoms with Crippen LogP contribution in [0.3, 0.4) is 0 Å². The van der Waals surface area contributed by atoms with Gasteiger partial charge in [0.25, 0.3) is 0 Å². The highest BCUT2D eigenvalue weighted by molar-refractivity contribution is 9.09. The minimum Gasteiger partial charge on any atom is -0.488 e. The maximum Gasteiger partial charge on any atom is 0.222 e. The highest BCUT2D eigenvalue weighted by Gasteiger charge is 2.27. The first-order valence-corrected chi connectivity index (χ1v) is 8.85. The van der Waals surface area contributed by atoms with Crippen molar-refractivity contribution in [1.29, 1.82) is 0 Å². The van der Waals surface area contributed by atoms with Gasteiger partial charge >= 0.3 is 0 Å². The summed E-state index contributed by atoms with van der Waals surface area (Å²) in [4.78, 5) is 8.61. The number of rotatable bonds is 7. The normalized spacial score (nSPS) is 19.7. The molecule has 23 heavy (non-hydrogen) atoms. The molecule has 2 heterocycles. The van der Waals surface area contributed by atoms with Crippen LogP contribution in [-0.4, -0.2) is 40.5 Å². The quantitative estimate of drug-likeness (QED) is 0.574. The van der Waals surface area contributed by atoms with Crippen LogP contribution >= 0.6 is 15.9 Å². The number of hydrogen-bond donors (Lipinski definition) is 2. The SMILES string of the molecule is BrC1Cc2ccccc2OC1CNCCCNc1ncccn1. The monoisotopic (exact) mass is 376 g/mol. The summed E-state index contributed by atoms with van der Waals surface area (Å²) in [5.74, 6) is 1.69. The van der Waals surface area contributed by atoms with Gasteiger partial charge in [0.1, 0.15) is 11.9 Å². The topological polar surface area (TPSA) is 59.1 Å². The maximum atomic E-state index is 6.08. The van der Waals surface area contributed by atoms with Crippen LogP contribution in [0.5, 0.6) is 5.75 Å². The Kier molecular flexibility index (Phi) is 5.82. The number of hydrogen-bond acceptors (Lipinski definition) is 5. The summed E-state index contributed by atoms with van der Waals surface area (Å²) < 4.78 is 6.08. The number of alkyl halides is 1. The molecule has 0 bridgehead atoms. The smallest absolute Gasteiger partial charge is 0.222 e. The van der Waals surface area contributed by atoms with Gasteiger partial charge in [0.05, 0.1) is 4.83 Å². The molecule has 2 atom stereocenters. The highest BCUT2D eigenvalue weighted by atomic mass is 79.9. The molecule has 0 aliphatic carbocycles. The van der Waals surface area contributed by atoms with E-state index < -0.39 is 0 Å². The Bertz CT molecular complexity index is 611. The first kappa shape index (κ1) is 16.2. The van der Waals surface area contributed by atoms with Gasteiger partial charge in [-0.3, -0.25) is 0 Å². The summed E-state index contributed by atoms with van der Waals surface area (Å²) in [5, 5.41) is 6.67. The third-order valence-electron chi connectivity index (χ3n) is 3.79. The van der Waals surface area contributed by atoms with Crippen molar-refractivity contribution in [3.63, 3.8) is 0 Å². The van der Waals surface area contributed by atoms with Gasteiger partial charge in [0, 0.05) is 25.5 Å². The lowest BCUT2D eigenvalue weighted by Gasteiger charge is -2.30. The molecule has 0 amide bonds. The second-order valence-electron chi connectivity index (χ2n) is 5.54. The Labute approximate surface area is 145 Å². The first-order chi connectivity index (χ1) is 11.3. The number of benzene rings is 1. The van der Waals surface area contributed by atoms with Crippen LogP contribution in [0.1, 0.15) is 12.0 Å². The van der Waals surface area contributed by atoms with Crippen molar-refractivity contribution in [2.24, 2.45) is 0 Å². The Hall–Kier alpha value is -1.66. The molecule has 6 heteroatoms. The van der Waals surface area contributed by atoms with Gasteiger partial charge in [-0.15, -0.1) is 0 Å². The second-order valence-corrected chi connectivity index (χ2v) is 6.72. The van der Waals surface area contributed by atoms with E-state index in [4.69, 9.17) is 4.74 Å². The molecular formula is C17H21BrN4O. The highest BCUT2D eigenvalue weighted by Crippen LogP contribution is 2.30. The van der Waals surface area contributed by atoms with Crippen molar-refractivity contribution in [3.8, 4) is 5.75 Å². The van der Waals surface area contributed by atoms with E-state index in [0.717, 1.165) is 38.2 Å². The third-order valence-corrected chi connectivity index (χ3v) is 4.71. The number of ether oxygens (including phenoxy) is 1. The summed E-state index contributed by atoms with van der Waals surface area (Å²) >= 11 is 3.74. The van der Waals surface area contributed by atoms with Crippen LogP contribution < -0.4 is 15.4 Å². The van der Waals surface area contributed by atoms with Gasteiger partial charge in [-0.25, -0.2) is 9.97 Å². The zero-order valence-electron chi connectivity index (χ0n) is 12.9. The predicted octanol–water partition coefficient (Wildman–Crippen LogP) is 2.64. The van der Waals surface area contributed by atoms with E-state index in [0.29, 0.717) is 10.8 Å². The fourth-order valence-electron chi connectivity index (χ4n) is 2.58. The fraction of sp³-hybridized carbons (Fsp3) is 0.412. The molecule has 3 rings (SSSR count). The average Bonchev–Trinajstić information content (AvgIpc) is 2.59. The van der Waals surface area contributed by atoms with Gasteiger partial charge in [0.15, 0.2) is 0 Å². The molecule has 5 nitrogen and oxygen atoms in total. The van der Waals surface area contributed by atoms with Crippen LogP contribution in [0.25, 0.3) is 0 Å². The van der Waals surface area contributed by atoms with E-state index in [1.54, 1.807) is 12.4 Å². The number of nitrogens with zero attached hydrogens (tertiary/aromatic N) is 2. The molecule has 2 N–H and O–H groups in total. The molecule has 0 radical (unpaired) electrons. The molecule has 2 unspecified atom stereocenters. The lowest BCUT2D eigenvalue weighted by molar-refractivity contribution is 0.179. The average molecular weight is 377 g/mol. The van der Waals surface area contributed by atoms with Crippen LogP contribution in [0.2, 0.25) is 0 Å². The zero-order valence-corrected chi connectivity index (χ0v) is 14.5. The van der Waals surface area contributed by atoms with E-state index in [1.807, 2.05) is 18.2 Å². The lowest BCUT2D eigenvalue weighted by atomic mass is 10.0. The summed E-state index contributed by atoms with van der Waals surface area (Å²) in [6.07, 6.45) is 5.66. The molecule has 1 aromatic heterocycles. The Morgan fingerprint density at radius 2 is 1.96 bits per heavy atom. The van der Waals surface area contributed by atoms with Crippen molar-refractivity contribution in [3.05, 3.63) is 48.3 Å². The Morgan fingerprint density at radius 1 is 1.13 bits per heavy atom. The van der Waals surface area contributed by atoms with Crippen LogP contribution in [0.4, 0.5) is 5.95 Å². The number of para-hydroxylation sites is 1. The standard InChI is InChI=1S/C17H21BrN4O/c18-14-11-13-5-1-2-6-15(13)23-16(14)12-19-7-3-8-20-17-21-9-4-10-22-17/h1-2,4-6,9-10,14,16,19H,3,7-8,11-12H2,(H,20,21,22). The van der Waals surface area contributed by atoms with E-state index in [-0.39, 0.29) is 6.10 Å². The number of halogens is 1. The van der Waals surface area contributed by atoms with Crippen molar-refractivity contribution in [1.82, 2.24) is 15.3 Å². The molecule has 122 valence electrons. The van der Waals surface area contributed by atoms with Crippen molar-refractivity contribution in [2.45, 2.75) is 23.8 Å². The van der Waals surface area contributed by atoms with Gasteiger partial charge in [-0.05, 0) is 37.1 Å². The molecule has 0 spiro atoms. The Balaban J connectivity index is 1.35. The van der Waals surface area contributed by atoms with E-state index in [2.05, 4.69) is 48.7 Å². The van der Waals surface area contributed by atoms with E-state index in [9.17, 15) is 0 Å². The predicted molar refractivity (Wildman–Crippen MR) is 95.3 cm³/mol. The first-order valence-electron chi connectivity index (χ1n) is 7.93. The van der Waals surface area contributed by atoms with Crippen LogP contribution in [0.15, 0.2) is 42.7 Å². The van der Waals surface area contributed by atoms with Crippen molar-refractivity contribution >= 4 is 21.9 Å². The summed E-state index contributed by atoms with van der Waals surface area (Å²) in [7, 11) is 0. The molecule has 2 aromatic rings. The molecule has 1 aromatic carbocycles. The third kappa shape index (κ3) is 4.65. The molecule has 0 fully saturated rings. The summed E-state index contributed by atoms with van der Waals surface area (Å²) in [5.41, 5.74) is 1.28. The van der Waals surface area contributed by atoms with Crippen molar-refractivity contribution in [2.75, 3.05) is 25.0 Å². The van der Waals surface area contributed by atoms with Crippen molar-refractivity contribution < 1.29 is 4.74 Å². The number of fused-ring (bicyclic) bond motifs is 1. The molecule has 1 aliphatic heterocycles. The zero-order chi connectivity index (χ0) is 15.9. The van der Waals surface area contributed by atoms with Gasteiger partial charge in [-0.1, -0.05) is 34.1 Å². The Morgan fingerprint density at radius 3 is 2.83 bits per heavy atom. The van der Waals surface area contributed by atoms with E-state index >= 15 is 0 Å². The lowest BCUT2D eigenvalue weighted by Crippen LogP contribution is -2.42. The van der Waals surface area contributed by atoms with E-state index in [1.165, 1.54) is 5.56 Å². The molecular weight excluding hydrogens is 356 g/mol. The molecule has 0 saturated carbocycles. The molecule has 1 aliphatic rings. The number of aromatic nitrogens is 2. The van der Waals surface area contributed by atoms with Gasteiger partial charge in [-0.2, -0.15) is 0 Å². The van der Waals surface area contributed by atoms with Gasteiger partial charge in [0.2, 0.25) is 5.95 Å². The van der Waals surface area contributed by atoms with Crippen LogP contribution in [0, 0.1) is 0 Å². The van der Waals surface area contributed by atoms with Gasteiger partial charge < -0.3 is 15.4 Å². The van der Waals surface area contributed by atoms with Crippen LogP contribution in [-0.2, 0) is 6.42 Å². The fourth-order valence-corrected chi connectivity index (χ4v) is 3.23. The minimum absolute atomic E-state index is 0.162. The largest absolute Gasteiger partial charge is 0.488 e. The number of anilines is 1.